The zero-order valence-corrected chi connectivity index (χ0v) is 10.0. The Bertz CT molecular complexity index is 278. The first-order valence-electron chi connectivity index (χ1n) is 5.02. The van der Waals surface area contributed by atoms with E-state index < -0.39 is 0 Å². The molecule has 0 aliphatic rings. The van der Waals surface area contributed by atoms with Gasteiger partial charge < -0.3 is 14.8 Å². The molecule has 0 fully saturated rings. The van der Waals surface area contributed by atoms with Crippen LogP contribution in [0.1, 0.15) is 6.99 Å². The van der Waals surface area contributed by atoms with E-state index in [1.54, 1.807) is 7.11 Å². The number of ether oxygens (including phenoxy) is 2. The Morgan fingerprint density at radius 2 is 1.88 bits per heavy atom. The Hall–Kier alpha value is -1.55. The van der Waals surface area contributed by atoms with Crippen molar-refractivity contribution < 1.29 is 15.7 Å². The molecular weight excluding hydrogens is 206 g/mol. The standard InChI is InChI=1S/C10H15NO.C2H4O2.H2/c1-11-8-7-9-3-5-10(12-2)6-4-9;1-4-2-3;/h3-6,11H,7-8H2,1-2H3;2H,1H3;1H. The minimum atomic E-state index is 0. The first kappa shape index (κ1) is 14.5. The molecular formula is C12H21NO3. The van der Waals surface area contributed by atoms with E-state index in [0.717, 1.165) is 18.7 Å². The first-order valence-corrected chi connectivity index (χ1v) is 5.02. The highest BCUT2D eigenvalue weighted by Crippen LogP contribution is 2.11. The van der Waals surface area contributed by atoms with Crippen LogP contribution in [0.5, 0.6) is 5.75 Å². The van der Waals surface area contributed by atoms with Crippen LogP contribution in [0.25, 0.3) is 0 Å². The van der Waals surface area contributed by atoms with Crippen LogP contribution in [-0.2, 0) is 16.0 Å². The van der Waals surface area contributed by atoms with Crippen molar-refractivity contribution in [2.45, 2.75) is 6.42 Å². The molecule has 4 heteroatoms. The van der Waals surface area contributed by atoms with Crippen molar-refractivity contribution in [3.63, 3.8) is 0 Å². The van der Waals surface area contributed by atoms with Gasteiger partial charge >= 0.3 is 0 Å². The van der Waals surface area contributed by atoms with E-state index >= 15 is 0 Å². The summed E-state index contributed by atoms with van der Waals surface area (Å²) in [5, 5.41) is 3.11. The van der Waals surface area contributed by atoms with Gasteiger partial charge in [-0.25, -0.2) is 0 Å². The molecule has 0 radical (unpaired) electrons. The van der Waals surface area contributed by atoms with Gasteiger partial charge in [0.25, 0.3) is 6.47 Å². The second-order valence-electron chi connectivity index (χ2n) is 3.03. The second-order valence-corrected chi connectivity index (χ2v) is 3.03. The van der Waals surface area contributed by atoms with Gasteiger partial charge in [-0.15, -0.1) is 0 Å². The largest absolute Gasteiger partial charge is 0.497 e. The zero-order valence-electron chi connectivity index (χ0n) is 10.0. The predicted octanol–water partition coefficient (Wildman–Crippen LogP) is 1.49. The molecule has 0 bridgehead atoms. The van der Waals surface area contributed by atoms with E-state index in [1.165, 1.54) is 12.7 Å². The van der Waals surface area contributed by atoms with Crippen molar-refractivity contribution in [2.24, 2.45) is 0 Å². The lowest BCUT2D eigenvalue weighted by Crippen LogP contribution is -2.10. The van der Waals surface area contributed by atoms with Crippen molar-refractivity contribution in [3.05, 3.63) is 29.8 Å². The van der Waals surface area contributed by atoms with Crippen LogP contribution in [-0.4, -0.2) is 34.3 Å². The Morgan fingerprint density at radius 3 is 2.25 bits per heavy atom. The zero-order chi connectivity index (χ0) is 12.2. The van der Waals surface area contributed by atoms with Crippen molar-refractivity contribution in [2.75, 3.05) is 27.8 Å². The molecule has 1 N–H and O–H groups in total. The maximum absolute atomic E-state index is 8.95. The van der Waals surface area contributed by atoms with E-state index in [-0.39, 0.29) is 1.43 Å². The van der Waals surface area contributed by atoms with Gasteiger partial charge in [-0.3, -0.25) is 4.79 Å². The van der Waals surface area contributed by atoms with Gasteiger partial charge in [-0.2, -0.15) is 0 Å². The summed E-state index contributed by atoms with van der Waals surface area (Å²) < 4.78 is 8.92. The summed E-state index contributed by atoms with van der Waals surface area (Å²) >= 11 is 0. The van der Waals surface area contributed by atoms with Gasteiger partial charge in [0, 0.05) is 1.43 Å². The molecule has 1 aromatic carbocycles. The van der Waals surface area contributed by atoms with E-state index in [2.05, 4.69) is 22.2 Å². The number of likely N-dealkylation sites (N-methyl/N-ethyl adjacent to an activating group) is 1. The predicted molar refractivity (Wildman–Crippen MR) is 65.8 cm³/mol. The maximum Gasteiger partial charge on any atom is 0.292 e. The molecule has 4 nitrogen and oxygen atoms in total. The van der Waals surface area contributed by atoms with E-state index in [1.807, 2.05) is 19.2 Å². The number of nitrogens with one attached hydrogen (secondary N) is 1. The summed E-state index contributed by atoms with van der Waals surface area (Å²) in [5.74, 6) is 0.920. The lowest BCUT2D eigenvalue weighted by Gasteiger charge is -2.02. The van der Waals surface area contributed by atoms with Gasteiger partial charge in [0.15, 0.2) is 0 Å². The maximum atomic E-state index is 8.95. The highest BCUT2D eigenvalue weighted by atomic mass is 16.5. The molecule has 0 amide bonds. The van der Waals surface area contributed by atoms with Gasteiger partial charge in [0.1, 0.15) is 5.75 Å². The van der Waals surface area contributed by atoms with E-state index in [4.69, 9.17) is 9.53 Å². The molecule has 0 saturated heterocycles. The van der Waals surface area contributed by atoms with Crippen LogP contribution in [0.15, 0.2) is 24.3 Å². The SMILES string of the molecule is CNCCc1ccc(OC)cc1.COC=O.[HH]. The molecule has 0 saturated carbocycles. The fraction of sp³-hybridized carbons (Fsp3) is 0.417. The minimum Gasteiger partial charge on any atom is -0.497 e. The molecule has 0 unspecified atom stereocenters. The number of carbonyl (C=O) groups excluding carboxylic acids is 1. The average Bonchev–Trinajstić information content (AvgIpc) is 2.37. The third-order valence-electron chi connectivity index (χ3n) is 1.92. The Balaban J connectivity index is 0. The number of benzene rings is 1. The Morgan fingerprint density at radius 1 is 1.31 bits per heavy atom. The third kappa shape index (κ3) is 6.84. The second kappa shape index (κ2) is 9.98. The molecule has 0 aromatic heterocycles. The summed E-state index contributed by atoms with van der Waals surface area (Å²) in [6.45, 7) is 1.40. The fourth-order valence-corrected chi connectivity index (χ4v) is 1.06. The van der Waals surface area contributed by atoms with Crippen molar-refractivity contribution in [3.8, 4) is 5.75 Å². The van der Waals surface area contributed by atoms with Crippen molar-refractivity contribution in [1.82, 2.24) is 5.32 Å². The highest BCUT2D eigenvalue weighted by molar-refractivity contribution is 5.36. The summed E-state index contributed by atoms with van der Waals surface area (Å²) in [7, 11) is 4.96. The van der Waals surface area contributed by atoms with Gasteiger partial charge in [0.2, 0.25) is 0 Å². The molecule has 1 aromatic rings. The number of rotatable bonds is 5. The van der Waals surface area contributed by atoms with Crippen molar-refractivity contribution in [1.29, 1.82) is 0 Å². The minimum absolute atomic E-state index is 0. The molecule has 0 aliphatic heterocycles. The highest BCUT2D eigenvalue weighted by Gasteiger charge is 1.92. The Labute approximate surface area is 98.1 Å². The lowest BCUT2D eigenvalue weighted by atomic mass is 10.1. The van der Waals surface area contributed by atoms with Crippen LogP contribution < -0.4 is 10.1 Å². The summed E-state index contributed by atoms with van der Waals surface area (Å²) in [6, 6.07) is 8.17. The number of hydrogen-bond acceptors (Lipinski definition) is 4. The monoisotopic (exact) mass is 227 g/mol. The molecule has 1 rings (SSSR count). The lowest BCUT2D eigenvalue weighted by molar-refractivity contribution is -0.126. The summed E-state index contributed by atoms with van der Waals surface area (Å²) in [4.78, 5) is 8.95. The average molecular weight is 227 g/mol. The van der Waals surface area contributed by atoms with Crippen LogP contribution in [0.3, 0.4) is 0 Å². The number of carbonyl (C=O) groups is 1. The van der Waals surface area contributed by atoms with Gasteiger partial charge in [-0.05, 0) is 37.7 Å². The summed E-state index contributed by atoms with van der Waals surface area (Å²) in [5.41, 5.74) is 1.34. The van der Waals surface area contributed by atoms with E-state index in [0.29, 0.717) is 6.47 Å². The fourth-order valence-electron chi connectivity index (χ4n) is 1.06. The quantitative estimate of drug-likeness (QED) is 0.774. The molecule has 0 heterocycles. The normalized spacial score (nSPS) is 8.69. The molecule has 92 valence electrons. The summed E-state index contributed by atoms with van der Waals surface area (Å²) in [6.07, 6.45) is 1.07. The molecule has 16 heavy (non-hydrogen) atoms. The molecule has 0 spiro atoms. The first-order chi connectivity index (χ1) is 7.78. The van der Waals surface area contributed by atoms with Crippen molar-refractivity contribution >= 4 is 6.47 Å². The number of hydrogen-bond donors (Lipinski definition) is 1. The smallest absolute Gasteiger partial charge is 0.292 e. The molecule has 0 atom stereocenters. The van der Waals surface area contributed by atoms with Crippen LogP contribution in [0.4, 0.5) is 0 Å². The van der Waals surface area contributed by atoms with Gasteiger partial charge in [-0.1, -0.05) is 12.1 Å². The third-order valence-corrected chi connectivity index (χ3v) is 1.92. The van der Waals surface area contributed by atoms with E-state index in [9.17, 15) is 0 Å². The number of methoxy groups -OCH3 is 2. The van der Waals surface area contributed by atoms with Crippen LogP contribution in [0, 0.1) is 0 Å². The van der Waals surface area contributed by atoms with Crippen LogP contribution in [0.2, 0.25) is 0 Å². The Kier molecular flexibility index (Phi) is 9.02. The topological polar surface area (TPSA) is 47.6 Å². The molecule has 0 aliphatic carbocycles. The van der Waals surface area contributed by atoms with Gasteiger partial charge in [0.05, 0.1) is 14.2 Å². The van der Waals surface area contributed by atoms with Crippen LogP contribution >= 0.6 is 0 Å².